The van der Waals surface area contributed by atoms with Gasteiger partial charge in [-0.05, 0) is 30.7 Å². The molecule has 3 heterocycles. The van der Waals surface area contributed by atoms with Gasteiger partial charge in [-0.2, -0.15) is 0 Å². The average molecular weight is 362 g/mol. The number of sulfone groups is 1. The number of benzene rings is 1. The molecule has 1 aromatic carbocycles. The van der Waals surface area contributed by atoms with E-state index in [4.69, 9.17) is 4.42 Å². The zero-order valence-corrected chi connectivity index (χ0v) is 14.7. The van der Waals surface area contributed by atoms with Gasteiger partial charge in [0, 0.05) is 6.04 Å². The molecule has 0 aliphatic carbocycles. The summed E-state index contributed by atoms with van der Waals surface area (Å²) in [7, 11) is -2.93. The van der Waals surface area contributed by atoms with E-state index >= 15 is 0 Å². The molecule has 0 unspecified atom stereocenters. The van der Waals surface area contributed by atoms with Gasteiger partial charge in [0.25, 0.3) is 0 Å². The number of hydrogen-bond donors (Lipinski definition) is 0. The van der Waals surface area contributed by atoms with E-state index in [0.717, 1.165) is 21.0 Å². The van der Waals surface area contributed by atoms with Crippen molar-refractivity contribution in [3.8, 4) is 0 Å². The van der Waals surface area contributed by atoms with Crippen LogP contribution in [0.3, 0.4) is 0 Å². The van der Waals surface area contributed by atoms with Gasteiger partial charge in [-0.3, -0.25) is 4.90 Å². The number of fused-ring (bicyclic) bond motifs is 1. The number of nitrogens with zero attached hydrogens (tertiary/aromatic N) is 2. The predicted molar refractivity (Wildman–Crippen MR) is 94.6 cm³/mol. The maximum atomic E-state index is 11.9. The number of furan rings is 1. The summed E-state index contributed by atoms with van der Waals surface area (Å²) in [6, 6.07) is 11.9. The monoisotopic (exact) mass is 362 g/mol. The molecule has 1 atom stereocenters. The van der Waals surface area contributed by atoms with E-state index in [1.165, 1.54) is 0 Å². The first-order chi connectivity index (χ1) is 11.6. The molecule has 0 amide bonds. The lowest BCUT2D eigenvalue weighted by Crippen LogP contribution is -2.35. The molecule has 2 aromatic heterocycles. The van der Waals surface area contributed by atoms with Crippen LogP contribution < -0.4 is 0 Å². The number of para-hydroxylation sites is 1. The van der Waals surface area contributed by atoms with Crippen molar-refractivity contribution in [2.24, 2.45) is 0 Å². The van der Waals surface area contributed by atoms with Gasteiger partial charge < -0.3 is 4.42 Å². The zero-order valence-electron chi connectivity index (χ0n) is 13.1. The van der Waals surface area contributed by atoms with E-state index in [1.807, 2.05) is 30.3 Å². The lowest BCUT2D eigenvalue weighted by Gasteiger charge is -2.26. The van der Waals surface area contributed by atoms with Crippen LogP contribution in [0.15, 0.2) is 47.1 Å². The Kier molecular flexibility index (Phi) is 4.15. The summed E-state index contributed by atoms with van der Waals surface area (Å²) in [5, 5.41) is 1.01. The first-order valence-corrected chi connectivity index (χ1v) is 10.5. The summed E-state index contributed by atoms with van der Waals surface area (Å²) >= 11 is 1.66. The SMILES string of the molecule is O=S1(=O)CC[C@H](N(Cc2ccco2)Cc2nc3ccccc3s2)C1. The average Bonchev–Trinajstić information content (AvgIpc) is 3.25. The minimum Gasteiger partial charge on any atom is -0.468 e. The van der Waals surface area contributed by atoms with Crippen LogP contribution in [0.1, 0.15) is 17.2 Å². The molecule has 0 radical (unpaired) electrons. The first kappa shape index (κ1) is 15.8. The highest BCUT2D eigenvalue weighted by atomic mass is 32.2. The van der Waals surface area contributed by atoms with E-state index < -0.39 is 9.84 Å². The summed E-state index contributed by atoms with van der Waals surface area (Å²) in [6.07, 6.45) is 2.32. The van der Waals surface area contributed by atoms with E-state index in [-0.39, 0.29) is 17.5 Å². The molecule has 1 aliphatic heterocycles. The van der Waals surface area contributed by atoms with Crippen molar-refractivity contribution in [3.05, 3.63) is 53.4 Å². The fraction of sp³-hybridized carbons (Fsp3) is 0.353. The van der Waals surface area contributed by atoms with Gasteiger partial charge in [0.2, 0.25) is 0 Å². The summed E-state index contributed by atoms with van der Waals surface area (Å²) in [4.78, 5) is 6.87. The maximum absolute atomic E-state index is 11.9. The number of hydrogen-bond acceptors (Lipinski definition) is 6. The molecule has 4 rings (SSSR count). The molecule has 0 saturated carbocycles. The molecule has 7 heteroatoms. The maximum Gasteiger partial charge on any atom is 0.151 e. The van der Waals surface area contributed by atoms with Gasteiger partial charge >= 0.3 is 0 Å². The molecule has 1 saturated heterocycles. The van der Waals surface area contributed by atoms with Crippen molar-refractivity contribution in [2.75, 3.05) is 11.5 Å². The second kappa shape index (κ2) is 6.31. The summed E-state index contributed by atoms with van der Waals surface area (Å²) in [5.41, 5.74) is 0.995. The highest BCUT2D eigenvalue weighted by Crippen LogP contribution is 2.26. The highest BCUT2D eigenvalue weighted by Gasteiger charge is 2.33. The fourth-order valence-corrected chi connectivity index (χ4v) is 5.90. The van der Waals surface area contributed by atoms with Crippen molar-refractivity contribution in [1.82, 2.24) is 9.88 Å². The smallest absolute Gasteiger partial charge is 0.151 e. The Bertz CT molecular complexity index is 899. The van der Waals surface area contributed by atoms with Crippen LogP contribution in [0, 0.1) is 0 Å². The van der Waals surface area contributed by atoms with Crippen molar-refractivity contribution in [1.29, 1.82) is 0 Å². The van der Waals surface area contributed by atoms with E-state index in [0.29, 0.717) is 19.5 Å². The Morgan fingerprint density at radius 1 is 1.21 bits per heavy atom. The van der Waals surface area contributed by atoms with Crippen LogP contribution in [-0.2, 0) is 22.9 Å². The molecule has 0 bridgehead atoms. The summed E-state index contributed by atoms with van der Waals surface area (Å²) < 4.78 is 30.4. The van der Waals surface area contributed by atoms with Crippen LogP contribution in [0.5, 0.6) is 0 Å². The number of aromatic nitrogens is 1. The number of rotatable bonds is 5. The molecule has 1 fully saturated rings. The first-order valence-electron chi connectivity index (χ1n) is 7.90. The van der Waals surface area contributed by atoms with Crippen molar-refractivity contribution in [2.45, 2.75) is 25.6 Å². The largest absolute Gasteiger partial charge is 0.468 e. The quantitative estimate of drug-likeness (QED) is 0.698. The minimum atomic E-state index is -2.93. The molecule has 24 heavy (non-hydrogen) atoms. The summed E-state index contributed by atoms with van der Waals surface area (Å²) in [5.74, 6) is 1.34. The van der Waals surface area contributed by atoms with E-state index in [2.05, 4.69) is 16.0 Å². The molecule has 0 spiro atoms. The van der Waals surface area contributed by atoms with Crippen LogP contribution in [0.4, 0.5) is 0 Å². The Morgan fingerprint density at radius 2 is 2.08 bits per heavy atom. The van der Waals surface area contributed by atoms with Crippen molar-refractivity contribution < 1.29 is 12.8 Å². The Balaban J connectivity index is 1.59. The molecular formula is C17H18N2O3S2. The predicted octanol–water partition coefficient (Wildman–Crippen LogP) is 3.08. The lowest BCUT2D eigenvalue weighted by atomic mass is 10.2. The van der Waals surface area contributed by atoms with E-state index in [1.54, 1.807) is 17.6 Å². The topological polar surface area (TPSA) is 63.4 Å². The number of thiazole rings is 1. The van der Waals surface area contributed by atoms with Crippen molar-refractivity contribution in [3.63, 3.8) is 0 Å². The minimum absolute atomic E-state index is 0.0205. The van der Waals surface area contributed by atoms with Gasteiger partial charge in [-0.25, -0.2) is 13.4 Å². The normalized spacial score (nSPS) is 20.1. The zero-order chi connectivity index (χ0) is 16.6. The molecule has 1 aliphatic rings. The van der Waals surface area contributed by atoms with Crippen LogP contribution >= 0.6 is 11.3 Å². The third kappa shape index (κ3) is 3.38. The molecular weight excluding hydrogens is 344 g/mol. The van der Waals surface area contributed by atoms with Crippen LogP contribution in [0.2, 0.25) is 0 Å². The van der Waals surface area contributed by atoms with Gasteiger partial charge in [-0.1, -0.05) is 12.1 Å². The third-order valence-corrected chi connectivity index (χ3v) is 7.11. The third-order valence-electron chi connectivity index (χ3n) is 4.34. The highest BCUT2D eigenvalue weighted by molar-refractivity contribution is 7.91. The van der Waals surface area contributed by atoms with Crippen LogP contribution in [-0.4, -0.2) is 35.8 Å². The van der Waals surface area contributed by atoms with Gasteiger partial charge in [0.15, 0.2) is 9.84 Å². The van der Waals surface area contributed by atoms with E-state index in [9.17, 15) is 8.42 Å². The standard InChI is InChI=1S/C17H18N2O3S2/c20-24(21)9-7-13(12-24)19(10-14-4-3-8-22-14)11-17-18-15-5-1-2-6-16(15)23-17/h1-6,8,13H,7,9-12H2/t13-/m0/s1. The van der Waals surface area contributed by atoms with Gasteiger partial charge in [-0.15, -0.1) is 11.3 Å². The second-order valence-corrected chi connectivity index (χ2v) is 9.46. The summed E-state index contributed by atoms with van der Waals surface area (Å²) in [6.45, 7) is 1.24. The van der Waals surface area contributed by atoms with Crippen LogP contribution in [0.25, 0.3) is 10.2 Å². The van der Waals surface area contributed by atoms with Gasteiger partial charge in [0.1, 0.15) is 10.8 Å². The second-order valence-electron chi connectivity index (χ2n) is 6.12. The Morgan fingerprint density at radius 3 is 2.79 bits per heavy atom. The molecule has 0 N–H and O–H groups in total. The van der Waals surface area contributed by atoms with Gasteiger partial charge in [0.05, 0.1) is 41.1 Å². The lowest BCUT2D eigenvalue weighted by molar-refractivity contribution is 0.179. The van der Waals surface area contributed by atoms with Crippen molar-refractivity contribution >= 4 is 31.4 Å². The molecule has 5 nitrogen and oxygen atoms in total. The molecule has 3 aromatic rings. The fourth-order valence-electron chi connectivity index (χ4n) is 3.14. The molecule has 126 valence electrons. The Labute approximate surface area is 144 Å². The Hall–Kier alpha value is -1.70.